The van der Waals surface area contributed by atoms with Gasteiger partial charge in [-0.2, -0.15) is 13.2 Å². The molecule has 2 aromatic carbocycles. The van der Waals surface area contributed by atoms with Gasteiger partial charge in [-0.05, 0) is 84.6 Å². The first kappa shape index (κ1) is 20.4. The average Bonchev–Trinajstić information content (AvgIpc) is 2.66. The second kappa shape index (κ2) is 7.73. The third kappa shape index (κ3) is 4.19. The van der Waals surface area contributed by atoms with Crippen LogP contribution in [0.4, 0.5) is 22.0 Å². The van der Waals surface area contributed by atoms with Crippen LogP contribution in [0, 0.1) is 29.4 Å². The van der Waals surface area contributed by atoms with E-state index >= 15 is 0 Å². The second-order valence-electron chi connectivity index (χ2n) is 8.88. The number of alkyl halides is 3. The zero-order valence-electron chi connectivity index (χ0n) is 16.4. The van der Waals surface area contributed by atoms with Crippen LogP contribution in [-0.2, 0) is 6.18 Å². The largest absolute Gasteiger partial charge is 0.422 e. The van der Waals surface area contributed by atoms with Crippen molar-refractivity contribution >= 4 is 0 Å². The normalized spacial score (nSPS) is 27.5. The predicted octanol–water partition coefficient (Wildman–Crippen LogP) is 7.97. The predicted molar refractivity (Wildman–Crippen MR) is 103 cm³/mol. The van der Waals surface area contributed by atoms with E-state index in [0.29, 0.717) is 11.5 Å². The maximum atomic E-state index is 13.9. The standard InChI is InChI=1S/C24H25F5/c1-14-2-3-19-11-18(9-8-17(19)10-14)15-4-6-16(7-5-15)20-12-21(25)23(22(26)13-20)24(27,28)29/h4-7,12-14,17-19H,2-3,8-11H2,1H3/t14?,17-,18-,19-/m1/s1. The van der Waals surface area contributed by atoms with Gasteiger partial charge in [0.25, 0.3) is 0 Å². The molecule has 2 fully saturated rings. The summed E-state index contributed by atoms with van der Waals surface area (Å²) in [4.78, 5) is 0. The summed E-state index contributed by atoms with van der Waals surface area (Å²) in [7, 11) is 0. The molecule has 0 spiro atoms. The Morgan fingerprint density at radius 1 is 0.759 bits per heavy atom. The lowest BCUT2D eigenvalue weighted by atomic mass is 9.64. The lowest BCUT2D eigenvalue weighted by molar-refractivity contribution is -0.142. The van der Waals surface area contributed by atoms with Crippen molar-refractivity contribution in [2.75, 3.05) is 0 Å². The molecule has 4 rings (SSSR count). The molecule has 0 bridgehead atoms. The van der Waals surface area contributed by atoms with Gasteiger partial charge in [0.1, 0.15) is 17.2 Å². The van der Waals surface area contributed by atoms with Gasteiger partial charge in [0.2, 0.25) is 0 Å². The van der Waals surface area contributed by atoms with Crippen LogP contribution in [0.15, 0.2) is 36.4 Å². The fourth-order valence-corrected chi connectivity index (χ4v) is 5.38. The van der Waals surface area contributed by atoms with Gasteiger partial charge in [0.15, 0.2) is 0 Å². The number of rotatable bonds is 2. The van der Waals surface area contributed by atoms with Gasteiger partial charge in [-0.3, -0.25) is 0 Å². The highest BCUT2D eigenvalue weighted by atomic mass is 19.4. The average molecular weight is 408 g/mol. The van der Waals surface area contributed by atoms with Crippen molar-refractivity contribution in [2.45, 2.75) is 57.5 Å². The quantitative estimate of drug-likeness (QED) is 0.442. The van der Waals surface area contributed by atoms with Gasteiger partial charge in [-0.15, -0.1) is 0 Å². The van der Waals surface area contributed by atoms with Crippen LogP contribution in [0.1, 0.15) is 62.5 Å². The van der Waals surface area contributed by atoms with Crippen LogP contribution in [0.5, 0.6) is 0 Å². The van der Waals surface area contributed by atoms with Crippen molar-refractivity contribution in [1.29, 1.82) is 0 Å². The van der Waals surface area contributed by atoms with Gasteiger partial charge in [0.05, 0.1) is 0 Å². The minimum atomic E-state index is -5.05. The summed E-state index contributed by atoms with van der Waals surface area (Å²) < 4.78 is 66.1. The first-order valence-corrected chi connectivity index (χ1v) is 10.4. The molecule has 156 valence electrons. The number of halogens is 5. The Hall–Kier alpha value is -1.91. The Labute approximate surface area is 168 Å². The summed E-state index contributed by atoms with van der Waals surface area (Å²) in [5, 5.41) is 0. The van der Waals surface area contributed by atoms with Crippen molar-refractivity contribution in [3.63, 3.8) is 0 Å². The van der Waals surface area contributed by atoms with Gasteiger partial charge in [-0.1, -0.05) is 37.6 Å². The van der Waals surface area contributed by atoms with Crippen LogP contribution in [0.3, 0.4) is 0 Å². The molecule has 0 aliphatic heterocycles. The smallest absolute Gasteiger partial charge is 0.206 e. The highest BCUT2D eigenvalue weighted by Gasteiger charge is 2.38. The molecule has 29 heavy (non-hydrogen) atoms. The Kier molecular flexibility index (Phi) is 5.43. The van der Waals surface area contributed by atoms with E-state index in [1.807, 2.05) is 12.1 Å². The number of hydrogen-bond donors (Lipinski definition) is 0. The minimum Gasteiger partial charge on any atom is -0.206 e. The van der Waals surface area contributed by atoms with Crippen LogP contribution in [0.2, 0.25) is 0 Å². The topological polar surface area (TPSA) is 0 Å². The van der Waals surface area contributed by atoms with Crippen LogP contribution in [-0.4, -0.2) is 0 Å². The first-order valence-electron chi connectivity index (χ1n) is 10.4. The third-order valence-electron chi connectivity index (χ3n) is 6.92. The summed E-state index contributed by atoms with van der Waals surface area (Å²) in [6.45, 7) is 2.34. The lowest BCUT2D eigenvalue weighted by Gasteiger charge is -2.41. The molecule has 5 heteroatoms. The molecule has 2 saturated carbocycles. The lowest BCUT2D eigenvalue weighted by Crippen LogP contribution is -2.29. The highest BCUT2D eigenvalue weighted by molar-refractivity contribution is 5.64. The SMILES string of the molecule is CC1CC[C@@H]2C[C@H](c3ccc(-c4cc(F)c(C(F)(F)F)c(F)c4)cc3)CC[C@@H]2C1. The zero-order chi connectivity index (χ0) is 20.8. The van der Waals surface area contributed by atoms with Gasteiger partial charge >= 0.3 is 6.18 Å². The van der Waals surface area contributed by atoms with E-state index in [1.54, 1.807) is 12.1 Å². The van der Waals surface area contributed by atoms with Crippen molar-refractivity contribution in [3.8, 4) is 11.1 Å². The molecule has 0 heterocycles. The first-order chi connectivity index (χ1) is 13.7. The molecule has 2 aliphatic rings. The molecule has 0 amide bonds. The van der Waals surface area contributed by atoms with E-state index in [9.17, 15) is 22.0 Å². The molecule has 0 radical (unpaired) electrons. The molecule has 0 nitrogen and oxygen atoms in total. The fourth-order valence-electron chi connectivity index (χ4n) is 5.38. The molecule has 1 unspecified atom stereocenters. The van der Waals surface area contributed by atoms with E-state index in [2.05, 4.69) is 6.92 Å². The fraction of sp³-hybridized carbons (Fsp3) is 0.500. The Bertz CT molecular complexity index is 845. The molecule has 0 aromatic heterocycles. The number of fused-ring (bicyclic) bond motifs is 1. The Morgan fingerprint density at radius 3 is 1.97 bits per heavy atom. The van der Waals surface area contributed by atoms with Crippen molar-refractivity contribution in [2.24, 2.45) is 17.8 Å². The van der Waals surface area contributed by atoms with Crippen molar-refractivity contribution < 1.29 is 22.0 Å². The van der Waals surface area contributed by atoms with E-state index in [4.69, 9.17) is 0 Å². The summed E-state index contributed by atoms with van der Waals surface area (Å²) in [5.74, 6) is -0.227. The van der Waals surface area contributed by atoms with Gasteiger partial charge in [0, 0.05) is 0 Å². The molecule has 2 aromatic rings. The zero-order valence-corrected chi connectivity index (χ0v) is 16.4. The van der Waals surface area contributed by atoms with Gasteiger partial charge in [-0.25, -0.2) is 8.78 Å². The number of hydrogen-bond acceptors (Lipinski definition) is 0. The third-order valence-corrected chi connectivity index (χ3v) is 6.92. The molecule has 4 atom stereocenters. The van der Waals surface area contributed by atoms with E-state index < -0.39 is 23.4 Å². The summed E-state index contributed by atoms with van der Waals surface area (Å²) in [5.41, 5.74) is 0.0000794. The molecular formula is C24H25F5. The molecule has 2 aliphatic carbocycles. The van der Waals surface area contributed by atoms with Crippen molar-refractivity contribution in [1.82, 2.24) is 0 Å². The van der Waals surface area contributed by atoms with Crippen LogP contribution >= 0.6 is 0 Å². The summed E-state index contributed by atoms with van der Waals surface area (Å²) in [6, 6.07) is 8.95. The molecular weight excluding hydrogens is 383 g/mol. The summed E-state index contributed by atoms with van der Waals surface area (Å²) in [6.07, 6.45) is 2.46. The van der Waals surface area contributed by atoms with E-state index in [1.165, 1.54) is 37.7 Å². The van der Waals surface area contributed by atoms with Crippen LogP contribution < -0.4 is 0 Å². The minimum absolute atomic E-state index is 0.115. The second-order valence-corrected chi connectivity index (χ2v) is 8.88. The number of benzene rings is 2. The Balaban J connectivity index is 1.52. The molecule has 0 N–H and O–H groups in total. The van der Waals surface area contributed by atoms with E-state index in [0.717, 1.165) is 36.3 Å². The maximum Gasteiger partial charge on any atom is 0.422 e. The summed E-state index contributed by atoms with van der Waals surface area (Å²) >= 11 is 0. The molecule has 0 saturated heterocycles. The van der Waals surface area contributed by atoms with Crippen LogP contribution in [0.25, 0.3) is 11.1 Å². The monoisotopic (exact) mass is 408 g/mol. The maximum absolute atomic E-state index is 13.9. The van der Waals surface area contributed by atoms with Crippen molar-refractivity contribution in [3.05, 3.63) is 59.2 Å². The Morgan fingerprint density at radius 2 is 1.34 bits per heavy atom. The highest BCUT2D eigenvalue weighted by Crippen LogP contribution is 2.47. The van der Waals surface area contributed by atoms with E-state index in [-0.39, 0.29) is 5.56 Å². The van der Waals surface area contributed by atoms with Gasteiger partial charge < -0.3 is 0 Å².